The van der Waals surface area contributed by atoms with Crippen LogP contribution in [0.25, 0.3) is 0 Å². The van der Waals surface area contributed by atoms with Gasteiger partial charge < -0.3 is 10.1 Å². The molecule has 0 aliphatic heterocycles. The summed E-state index contributed by atoms with van der Waals surface area (Å²) < 4.78 is 5.56. The summed E-state index contributed by atoms with van der Waals surface area (Å²) in [5.41, 5.74) is 1.03. The summed E-state index contributed by atoms with van der Waals surface area (Å²) in [6.45, 7) is 0.753. The van der Waals surface area contributed by atoms with E-state index in [9.17, 15) is 0 Å². The molecule has 0 aliphatic rings. The van der Waals surface area contributed by atoms with E-state index in [0.717, 1.165) is 17.9 Å². The molecule has 2 rings (SSSR count). The number of benzene rings is 1. The molecule has 94 valence electrons. The number of thioether (sulfide) groups is 1. The van der Waals surface area contributed by atoms with Crippen LogP contribution < -0.4 is 10.1 Å². The minimum Gasteiger partial charge on any atom is -0.424 e. The second-order valence-corrected chi connectivity index (χ2v) is 4.56. The second-order valence-electron chi connectivity index (χ2n) is 3.68. The van der Waals surface area contributed by atoms with E-state index >= 15 is 0 Å². The summed E-state index contributed by atoms with van der Waals surface area (Å²) >= 11 is 1.70. The number of aromatic nitrogens is 2. The van der Waals surface area contributed by atoms with Crippen LogP contribution in [0.3, 0.4) is 0 Å². The maximum atomic E-state index is 5.56. The van der Waals surface area contributed by atoms with Crippen LogP contribution in [0.2, 0.25) is 0 Å². The fourth-order valence-electron chi connectivity index (χ4n) is 1.44. The first-order chi connectivity index (χ1) is 8.81. The highest BCUT2D eigenvalue weighted by atomic mass is 32.2. The summed E-state index contributed by atoms with van der Waals surface area (Å²) in [6.07, 6.45) is 5.56. The third-order valence-electron chi connectivity index (χ3n) is 2.33. The van der Waals surface area contributed by atoms with Gasteiger partial charge in [0.1, 0.15) is 5.75 Å². The van der Waals surface area contributed by atoms with Gasteiger partial charge >= 0.3 is 6.01 Å². The molecule has 1 aromatic heterocycles. The van der Waals surface area contributed by atoms with Crippen LogP contribution in [-0.2, 0) is 6.54 Å². The Morgan fingerprint density at radius 3 is 2.39 bits per heavy atom. The quantitative estimate of drug-likeness (QED) is 0.839. The Morgan fingerprint density at radius 1 is 1.17 bits per heavy atom. The zero-order chi connectivity index (χ0) is 12.8. The first-order valence-electron chi connectivity index (χ1n) is 5.59. The van der Waals surface area contributed by atoms with Crippen molar-refractivity contribution in [3.05, 3.63) is 42.2 Å². The summed E-state index contributed by atoms with van der Waals surface area (Å²) in [5.74, 6) is 0.745. The Labute approximate surface area is 111 Å². The molecule has 4 nitrogen and oxygen atoms in total. The molecule has 1 heterocycles. The molecule has 0 saturated carbocycles. The molecule has 0 radical (unpaired) electrons. The van der Waals surface area contributed by atoms with Gasteiger partial charge in [-0.05, 0) is 37.6 Å². The first-order valence-corrected chi connectivity index (χ1v) is 6.81. The van der Waals surface area contributed by atoms with E-state index in [-0.39, 0.29) is 0 Å². The number of rotatable bonds is 5. The molecule has 0 aliphatic carbocycles. The molecule has 0 amide bonds. The van der Waals surface area contributed by atoms with Crippen molar-refractivity contribution in [1.82, 2.24) is 15.3 Å². The van der Waals surface area contributed by atoms with Gasteiger partial charge in [-0.25, -0.2) is 9.97 Å². The molecule has 5 heteroatoms. The molecule has 0 bridgehead atoms. The number of hydrogen-bond donors (Lipinski definition) is 1. The highest BCUT2D eigenvalue weighted by molar-refractivity contribution is 7.98. The molecule has 18 heavy (non-hydrogen) atoms. The fourth-order valence-corrected chi connectivity index (χ4v) is 1.85. The molecule has 0 saturated heterocycles. The Bertz CT molecular complexity index is 485. The van der Waals surface area contributed by atoms with Gasteiger partial charge in [0, 0.05) is 29.4 Å². The van der Waals surface area contributed by atoms with Crippen LogP contribution in [0.15, 0.2) is 41.6 Å². The predicted molar refractivity (Wildman–Crippen MR) is 73.1 cm³/mol. The lowest BCUT2D eigenvalue weighted by atomic mass is 10.3. The van der Waals surface area contributed by atoms with Crippen LogP contribution in [0, 0.1) is 0 Å². The van der Waals surface area contributed by atoms with Crippen LogP contribution in [0.5, 0.6) is 11.8 Å². The third kappa shape index (κ3) is 3.45. The number of nitrogens with one attached hydrogen (secondary N) is 1. The summed E-state index contributed by atoms with van der Waals surface area (Å²) in [5, 5.41) is 3.04. The Kier molecular flexibility index (Phi) is 4.55. The van der Waals surface area contributed by atoms with E-state index in [1.807, 2.05) is 37.6 Å². The van der Waals surface area contributed by atoms with Crippen molar-refractivity contribution < 1.29 is 4.74 Å². The molecule has 0 spiro atoms. The summed E-state index contributed by atoms with van der Waals surface area (Å²) in [6, 6.07) is 8.21. The van der Waals surface area contributed by atoms with Gasteiger partial charge in [-0.2, -0.15) is 0 Å². The van der Waals surface area contributed by atoms with Gasteiger partial charge in [-0.15, -0.1) is 11.8 Å². The van der Waals surface area contributed by atoms with E-state index in [2.05, 4.69) is 15.3 Å². The molecule has 1 N–H and O–H groups in total. The minimum atomic E-state index is 0.367. The van der Waals surface area contributed by atoms with E-state index in [1.54, 1.807) is 24.2 Å². The largest absolute Gasteiger partial charge is 0.424 e. The smallest absolute Gasteiger partial charge is 0.321 e. The van der Waals surface area contributed by atoms with Crippen LogP contribution in [0.1, 0.15) is 5.56 Å². The molecule has 2 aromatic rings. The van der Waals surface area contributed by atoms with Crippen molar-refractivity contribution in [3.8, 4) is 11.8 Å². The van der Waals surface area contributed by atoms with Gasteiger partial charge in [-0.1, -0.05) is 0 Å². The van der Waals surface area contributed by atoms with Gasteiger partial charge in [0.2, 0.25) is 0 Å². The van der Waals surface area contributed by atoms with E-state index in [4.69, 9.17) is 4.74 Å². The number of nitrogens with zero attached hydrogens (tertiary/aromatic N) is 2. The third-order valence-corrected chi connectivity index (χ3v) is 3.07. The zero-order valence-corrected chi connectivity index (χ0v) is 11.2. The van der Waals surface area contributed by atoms with Crippen molar-refractivity contribution in [2.24, 2.45) is 0 Å². The Morgan fingerprint density at radius 2 is 1.83 bits per heavy atom. The van der Waals surface area contributed by atoms with Crippen LogP contribution in [0.4, 0.5) is 0 Å². The molecule has 1 aromatic carbocycles. The second kappa shape index (κ2) is 6.37. The summed E-state index contributed by atoms with van der Waals surface area (Å²) in [7, 11) is 1.89. The van der Waals surface area contributed by atoms with Crippen LogP contribution >= 0.6 is 11.8 Å². The first kappa shape index (κ1) is 12.9. The van der Waals surface area contributed by atoms with E-state index in [0.29, 0.717) is 6.01 Å². The summed E-state index contributed by atoms with van der Waals surface area (Å²) in [4.78, 5) is 9.51. The SMILES string of the molecule is CNCc1cnc(Oc2ccc(SC)cc2)nc1. The molecular weight excluding hydrogens is 246 g/mol. The molecule has 0 unspecified atom stereocenters. The van der Waals surface area contributed by atoms with Crippen molar-refractivity contribution in [2.45, 2.75) is 11.4 Å². The zero-order valence-electron chi connectivity index (χ0n) is 10.4. The van der Waals surface area contributed by atoms with Gasteiger partial charge in [-0.3, -0.25) is 0 Å². The topological polar surface area (TPSA) is 47.0 Å². The molecule has 0 fully saturated rings. The lowest BCUT2D eigenvalue weighted by Crippen LogP contribution is -2.06. The maximum absolute atomic E-state index is 5.56. The lowest BCUT2D eigenvalue weighted by Gasteiger charge is -2.05. The molecular formula is C13H15N3OS. The maximum Gasteiger partial charge on any atom is 0.321 e. The highest BCUT2D eigenvalue weighted by Gasteiger charge is 2.01. The average Bonchev–Trinajstić information content (AvgIpc) is 2.42. The van der Waals surface area contributed by atoms with Gasteiger partial charge in [0.05, 0.1) is 0 Å². The lowest BCUT2D eigenvalue weighted by molar-refractivity contribution is 0.440. The number of hydrogen-bond acceptors (Lipinski definition) is 5. The van der Waals surface area contributed by atoms with Gasteiger partial charge in [0.25, 0.3) is 0 Å². The normalized spacial score (nSPS) is 10.3. The van der Waals surface area contributed by atoms with Crippen LogP contribution in [-0.4, -0.2) is 23.3 Å². The van der Waals surface area contributed by atoms with Crippen molar-refractivity contribution in [1.29, 1.82) is 0 Å². The Hall–Kier alpha value is -1.59. The van der Waals surface area contributed by atoms with E-state index in [1.165, 1.54) is 4.90 Å². The average molecular weight is 261 g/mol. The minimum absolute atomic E-state index is 0.367. The standard InChI is InChI=1S/C13H15N3OS/c1-14-7-10-8-15-13(16-9-10)17-11-3-5-12(18-2)6-4-11/h3-6,8-9,14H,7H2,1-2H3. The van der Waals surface area contributed by atoms with Crippen molar-refractivity contribution in [2.75, 3.05) is 13.3 Å². The monoisotopic (exact) mass is 261 g/mol. The van der Waals surface area contributed by atoms with Crippen molar-refractivity contribution in [3.63, 3.8) is 0 Å². The predicted octanol–water partition coefficient (Wildman–Crippen LogP) is 2.71. The van der Waals surface area contributed by atoms with Crippen molar-refractivity contribution >= 4 is 11.8 Å². The molecule has 0 atom stereocenters. The highest BCUT2D eigenvalue weighted by Crippen LogP contribution is 2.21. The number of ether oxygens (including phenoxy) is 1. The Balaban J connectivity index is 2.03. The van der Waals surface area contributed by atoms with E-state index < -0.39 is 0 Å². The van der Waals surface area contributed by atoms with Gasteiger partial charge in [0.15, 0.2) is 0 Å². The fraction of sp³-hybridized carbons (Fsp3) is 0.231.